The van der Waals surface area contributed by atoms with E-state index in [2.05, 4.69) is 5.32 Å². The minimum absolute atomic E-state index is 0.0148. The van der Waals surface area contributed by atoms with Gasteiger partial charge in [0.25, 0.3) is 0 Å². The average Bonchev–Trinajstić information content (AvgIpc) is 2.82. The zero-order valence-corrected chi connectivity index (χ0v) is 24.7. The maximum Gasteiger partial charge on any atom is 0.333 e. The minimum Gasteiger partial charge on any atom is -0.463 e. The number of hydrogen-bond acceptors (Lipinski definition) is 6. The van der Waals surface area contributed by atoms with Gasteiger partial charge in [0.15, 0.2) is 0 Å². The predicted molar refractivity (Wildman–Crippen MR) is 148 cm³/mol. The molecular weight excluding hydrogens is 484 g/mol. The molecule has 0 fully saturated rings. The summed E-state index contributed by atoms with van der Waals surface area (Å²) in [5, 5.41) is 2.75. The fraction of sp³-hybridized carbons (Fsp3) is 0.600. The van der Waals surface area contributed by atoms with Crippen LogP contribution in [0.15, 0.2) is 42.0 Å². The Bertz CT molecular complexity index is 992. The molecule has 1 rings (SSSR count). The summed E-state index contributed by atoms with van der Waals surface area (Å²) in [6, 6.07) is 9.12. The van der Waals surface area contributed by atoms with Gasteiger partial charge < -0.3 is 19.7 Å². The van der Waals surface area contributed by atoms with Crippen molar-refractivity contribution >= 4 is 23.8 Å². The van der Waals surface area contributed by atoms with Crippen LogP contribution in [0.25, 0.3) is 0 Å². The van der Waals surface area contributed by atoms with Crippen LogP contribution >= 0.6 is 0 Å². The van der Waals surface area contributed by atoms with Gasteiger partial charge in [-0.2, -0.15) is 0 Å². The summed E-state index contributed by atoms with van der Waals surface area (Å²) in [5.74, 6) is -2.40. The summed E-state index contributed by atoms with van der Waals surface area (Å²) in [6.45, 7) is 16.4. The van der Waals surface area contributed by atoms with Gasteiger partial charge in [0.2, 0.25) is 11.8 Å². The largest absolute Gasteiger partial charge is 0.463 e. The van der Waals surface area contributed by atoms with Crippen LogP contribution in [0, 0.1) is 11.8 Å². The smallest absolute Gasteiger partial charge is 0.333 e. The number of benzene rings is 1. The molecule has 2 atom stereocenters. The molecule has 0 saturated heterocycles. The Labute approximate surface area is 228 Å². The van der Waals surface area contributed by atoms with Crippen LogP contribution in [0.2, 0.25) is 0 Å². The van der Waals surface area contributed by atoms with Crippen molar-refractivity contribution in [2.75, 3.05) is 20.2 Å². The van der Waals surface area contributed by atoms with E-state index in [0.29, 0.717) is 5.57 Å². The van der Waals surface area contributed by atoms with Gasteiger partial charge in [-0.1, -0.05) is 64.1 Å². The van der Waals surface area contributed by atoms with Crippen LogP contribution in [-0.4, -0.2) is 60.5 Å². The Morgan fingerprint density at radius 1 is 1.03 bits per heavy atom. The lowest BCUT2D eigenvalue weighted by Crippen LogP contribution is -2.48. The number of hydrogen-bond donors (Lipinski definition) is 1. The number of amides is 2. The Kier molecular flexibility index (Phi) is 12.2. The molecule has 0 bridgehead atoms. The Hall–Kier alpha value is -3.16. The molecule has 0 aliphatic heterocycles. The van der Waals surface area contributed by atoms with Crippen molar-refractivity contribution in [3.8, 4) is 0 Å². The predicted octanol–water partition coefficient (Wildman–Crippen LogP) is 4.42. The molecule has 212 valence electrons. The molecule has 0 unspecified atom stereocenters. The third kappa shape index (κ3) is 9.95. The highest BCUT2D eigenvalue weighted by atomic mass is 16.6. The minimum atomic E-state index is -0.773. The van der Waals surface area contributed by atoms with Crippen LogP contribution < -0.4 is 5.32 Å². The highest BCUT2D eigenvalue weighted by Gasteiger charge is 2.39. The zero-order valence-electron chi connectivity index (χ0n) is 24.7. The van der Waals surface area contributed by atoms with E-state index >= 15 is 0 Å². The highest BCUT2D eigenvalue weighted by Crippen LogP contribution is 2.34. The van der Waals surface area contributed by atoms with Crippen LogP contribution in [0.3, 0.4) is 0 Å². The Morgan fingerprint density at radius 3 is 2.11 bits per heavy atom. The fourth-order valence-corrected chi connectivity index (χ4v) is 4.19. The molecule has 0 saturated carbocycles. The maximum absolute atomic E-state index is 13.5. The van der Waals surface area contributed by atoms with E-state index in [1.165, 1.54) is 4.90 Å². The molecule has 2 amide bonds. The number of esters is 2. The maximum atomic E-state index is 13.5. The molecule has 0 aliphatic rings. The Balaban J connectivity index is 3.11. The van der Waals surface area contributed by atoms with Gasteiger partial charge in [-0.25, -0.2) is 4.79 Å². The lowest BCUT2D eigenvalue weighted by atomic mass is 9.71. The van der Waals surface area contributed by atoms with Crippen molar-refractivity contribution in [1.29, 1.82) is 0 Å². The lowest BCUT2D eigenvalue weighted by molar-refractivity contribution is -0.158. The van der Waals surface area contributed by atoms with Gasteiger partial charge in [-0.15, -0.1) is 0 Å². The van der Waals surface area contributed by atoms with Crippen molar-refractivity contribution in [3.63, 3.8) is 0 Å². The second-order valence-electron chi connectivity index (χ2n) is 11.5. The monoisotopic (exact) mass is 530 g/mol. The summed E-state index contributed by atoms with van der Waals surface area (Å²) in [5.41, 5.74) is -0.0887. The van der Waals surface area contributed by atoms with Gasteiger partial charge in [-0.05, 0) is 46.1 Å². The van der Waals surface area contributed by atoms with Gasteiger partial charge in [-0.3, -0.25) is 14.4 Å². The molecule has 1 aromatic carbocycles. The van der Waals surface area contributed by atoms with Crippen LogP contribution in [0.1, 0.15) is 74.3 Å². The summed E-state index contributed by atoms with van der Waals surface area (Å²) < 4.78 is 10.6. The number of carbonyl (C=O) groups excluding carboxylic acids is 4. The number of ether oxygens (including phenoxy) is 2. The van der Waals surface area contributed by atoms with Crippen molar-refractivity contribution in [3.05, 3.63) is 47.5 Å². The van der Waals surface area contributed by atoms with Crippen molar-refractivity contribution in [1.82, 2.24) is 10.2 Å². The molecule has 1 N–H and O–H groups in total. The van der Waals surface area contributed by atoms with Crippen molar-refractivity contribution in [2.24, 2.45) is 11.8 Å². The number of rotatable bonds is 12. The van der Waals surface area contributed by atoms with E-state index in [9.17, 15) is 19.2 Å². The molecule has 8 nitrogen and oxygen atoms in total. The second-order valence-corrected chi connectivity index (χ2v) is 11.5. The van der Waals surface area contributed by atoms with Gasteiger partial charge >= 0.3 is 11.9 Å². The fourth-order valence-electron chi connectivity index (χ4n) is 4.19. The van der Waals surface area contributed by atoms with E-state index in [-0.39, 0.29) is 37.4 Å². The third-order valence-electron chi connectivity index (χ3n) is 6.45. The Morgan fingerprint density at radius 2 is 1.61 bits per heavy atom. The summed E-state index contributed by atoms with van der Waals surface area (Å²) >= 11 is 0. The first kappa shape index (κ1) is 32.9. The van der Waals surface area contributed by atoms with Gasteiger partial charge in [0, 0.05) is 18.0 Å². The summed E-state index contributed by atoms with van der Waals surface area (Å²) in [7, 11) is 1.64. The highest BCUT2D eigenvalue weighted by molar-refractivity contribution is 5.90. The quantitative estimate of drug-likeness (QED) is 0.317. The van der Waals surface area contributed by atoms with Crippen LogP contribution in [-0.2, 0) is 34.1 Å². The first-order valence-electron chi connectivity index (χ1n) is 13.2. The first-order valence-corrected chi connectivity index (χ1v) is 13.2. The molecule has 0 aromatic heterocycles. The topological polar surface area (TPSA) is 102 Å². The molecule has 0 heterocycles. The van der Waals surface area contributed by atoms with Crippen molar-refractivity contribution < 1.29 is 28.7 Å². The average molecular weight is 531 g/mol. The summed E-state index contributed by atoms with van der Waals surface area (Å²) in [4.78, 5) is 52.9. The molecule has 0 radical (unpaired) electrons. The van der Waals surface area contributed by atoms with Crippen molar-refractivity contribution in [2.45, 2.75) is 85.8 Å². The third-order valence-corrected chi connectivity index (χ3v) is 6.45. The van der Waals surface area contributed by atoms with E-state index in [4.69, 9.17) is 9.47 Å². The number of nitrogens with one attached hydrogen (secondary N) is 1. The number of likely N-dealkylation sites (N-methyl/N-ethyl adjacent to an activating group) is 1. The molecule has 8 heteroatoms. The summed E-state index contributed by atoms with van der Waals surface area (Å²) in [6.07, 6.45) is 1.58. The molecule has 1 aromatic rings. The van der Waals surface area contributed by atoms with E-state index < -0.39 is 34.8 Å². The SMILES string of the molecule is CCOC(=O)/C(C)=C/[C@H](C(C)C)N(C)C(=O)CNC(=O)[C@@H](CC(=O)OC(C)(C)C)C(C)(C)c1ccccc1. The second kappa shape index (κ2) is 14.1. The lowest BCUT2D eigenvalue weighted by Gasteiger charge is -2.34. The van der Waals surface area contributed by atoms with Gasteiger partial charge in [0.05, 0.1) is 31.5 Å². The van der Waals surface area contributed by atoms with Crippen LogP contribution in [0.4, 0.5) is 0 Å². The number of carbonyl (C=O) groups is 4. The van der Waals surface area contributed by atoms with E-state index in [1.54, 1.807) is 47.7 Å². The normalized spacial score (nSPS) is 13.9. The van der Waals surface area contributed by atoms with Crippen LogP contribution in [0.5, 0.6) is 0 Å². The first-order chi connectivity index (χ1) is 17.5. The molecular formula is C30H46N2O6. The standard InChI is InChI=1S/C30H46N2O6/c1-11-37-28(36)21(4)17-24(20(2)3)32(10)25(33)19-31-27(35)23(18-26(34)38-29(5,6)7)30(8,9)22-15-13-12-14-16-22/h12-17,20,23-24H,11,18-19H2,1-10H3,(H,31,35)/b21-17+/t23-,24-/m1/s1. The van der Waals surface area contributed by atoms with E-state index in [1.807, 2.05) is 58.0 Å². The van der Waals surface area contributed by atoms with Gasteiger partial charge in [0.1, 0.15) is 5.60 Å². The zero-order chi connectivity index (χ0) is 29.3. The molecule has 0 aliphatic carbocycles. The number of nitrogens with zero attached hydrogens (tertiary/aromatic N) is 1. The molecule has 38 heavy (non-hydrogen) atoms. The molecule has 0 spiro atoms. The van der Waals surface area contributed by atoms with E-state index in [0.717, 1.165) is 5.56 Å².